The second-order valence-electron chi connectivity index (χ2n) is 5.66. The van der Waals surface area contributed by atoms with Gasteiger partial charge in [0.2, 0.25) is 0 Å². The fourth-order valence-corrected chi connectivity index (χ4v) is 2.42. The van der Waals surface area contributed by atoms with E-state index in [2.05, 4.69) is 39.5 Å². The Morgan fingerprint density at radius 2 is 1.96 bits per heavy atom. The summed E-state index contributed by atoms with van der Waals surface area (Å²) in [6.07, 6.45) is 4.43. The van der Waals surface area contributed by atoms with Crippen LogP contribution in [0.4, 0.5) is 5.69 Å². The van der Waals surface area contributed by atoms with Gasteiger partial charge in [0.15, 0.2) is 0 Å². The molecule has 5 nitrogen and oxygen atoms in total. The van der Waals surface area contributed by atoms with Crippen LogP contribution in [0.5, 0.6) is 0 Å². The molecule has 0 aliphatic heterocycles. The van der Waals surface area contributed by atoms with Gasteiger partial charge in [0.1, 0.15) is 11.3 Å². The van der Waals surface area contributed by atoms with Gasteiger partial charge < -0.3 is 14.6 Å². The Morgan fingerprint density at radius 3 is 2.65 bits per heavy atom. The second-order valence-corrected chi connectivity index (χ2v) is 5.66. The third-order valence-electron chi connectivity index (χ3n) is 3.75. The lowest BCUT2D eigenvalue weighted by molar-refractivity contribution is 0.0950. The van der Waals surface area contributed by atoms with Gasteiger partial charge in [-0.05, 0) is 36.2 Å². The summed E-state index contributed by atoms with van der Waals surface area (Å²) in [4.78, 5) is 18.5. The van der Waals surface area contributed by atoms with E-state index in [9.17, 15) is 4.79 Å². The Bertz CT molecular complexity index is 772. The van der Waals surface area contributed by atoms with Crippen molar-refractivity contribution in [2.45, 2.75) is 6.42 Å². The Labute approximate surface area is 135 Å². The largest absolute Gasteiger partial charge is 0.378 e. The Kier molecular flexibility index (Phi) is 4.28. The topological polar surface area (TPSA) is 49.6 Å². The molecule has 3 rings (SSSR count). The van der Waals surface area contributed by atoms with Gasteiger partial charge in [-0.15, -0.1) is 0 Å². The Balaban J connectivity index is 1.56. The first kappa shape index (κ1) is 15.1. The number of aromatic nitrogens is 2. The first-order valence-electron chi connectivity index (χ1n) is 7.62. The van der Waals surface area contributed by atoms with Crippen LogP contribution in [0.2, 0.25) is 0 Å². The summed E-state index contributed by atoms with van der Waals surface area (Å²) in [6.45, 7) is 0.591. The molecule has 118 valence electrons. The van der Waals surface area contributed by atoms with E-state index in [0.717, 1.165) is 12.1 Å². The van der Waals surface area contributed by atoms with Crippen molar-refractivity contribution in [2.75, 3.05) is 25.5 Å². The normalized spacial score (nSPS) is 10.7. The maximum Gasteiger partial charge on any atom is 0.271 e. The zero-order valence-corrected chi connectivity index (χ0v) is 13.4. The maximum absolute atomic E-state index is 12.2. The number of hydrogen-bond donors (Lipinski definition) is 1. The summed E-state index contributed by atoms with van der Waals surface area (Å²) >= 11 is 0. The highest BCUT2D eigenvalue weighted by atomic mass is 16.1. The van der Waals surface area contributed by atoms with Gasteiger partial charge >= 0.3 is 0 Å². The molecule has 2 aromatic heterocycles. The van der Waals surface area contributed by atoms with Gasteiger partial charge in [-0.2, -0.15) is 0 Å². The van der Waals surface area contributed by atoms with Crippen molar-refractivity contribution in [1.82, 2.24) is 14.7 Å². The number of fused-ring (bicyclic) bond motifs is 1. The molecule has 0 bridgehead atoms. The number of hydrogen-bond acceptors (Lipinski definition) is 3. The van der Waals surface area contributed by atoms with Crippen LogP contribution in [0, 0.1) is 0 Å². The molecule has 3 aromatic rings. The fourth-order valence-electron chi connectivity index (χ4n) is 2.42. The van der Waals surface area contributed by atoms with Crippen molar-refractivity contribution in [3.63, 3.8) is 0 Å². The molecule has 0 radical (unpaired) electrons. The highest BCUT2D eigenvalue weighted by Crippen LogP contribution is 2.12. The van der Waals surface area contributed by atoms with Crippen molar-refractivity contribution in [3.8, 4) is 0 Å². The van der Waals surface area contributed by atoms with Crippen molar-refractivity contribution in [3.05, 3.63) is 66.1 Å². The van der Waals surface area contributed by atoms with E-state index in [1.54, 1.807) is 6.20 Å². The van der Waals surface area contributed by atoms with Crippen LogP contribution in [-0.4, -0.2) is 35.9 Å². The molecule has 1 aromatic carbocycles. The van der Waals surface area contributed by atoms with E-state index in [1.165, 1.54) is 11.3 Å². The Morgan fingerprint density at radius 1 is 1.17 bits per heavy atom. The van der Waals surface area contributed by atoms with Gasteiger partial charge in [0.25, 0.3) is 5.91 Å². The van der Waals surface area contributed by atoms with Gasteiger partial charge in [-0.1, -0.05) is 18.2 Å². The smallest absolute Gasteiger partial charge is 0.271 e. The summed E-state index contributed by atoms with van der Waals surface area (Å²) in [6, 6.07) is 14.0. The average molecular weight is 308 g/mol. The predicted molar refractivity (Wildman–Crippen MR) is 92.0 cm³/mol. The molecule has 5 heteroatoms. The van der Waals surface area contributed by atoms with Crippen molar-refractivity contribution in [1.29, 1.82) is 0 Å². The summed E-state index contributed by atoms with van der Waals surface area (Å²) in [7, 11) is 4.04. The predicted octanol–water partition coefficient (Wildman–Crippen LogP) is 2.37. The number of imidazole rings is 1. The molecular formula is C18H20N4O. The van der Waals surface area contributed by atoms with E-state index in [4.69, 9.17) is 0 Å². The van der Waals surface area contributed by atoms with Crippen molar-refractivity contribution in [2.24, 2.45) is 0 Å². The lowest BCUT2D eigenvalue weighted by Gasteiger charge is -2.12. The lowest BCUT2D eigenvalue weighted by Crippen LogP contribution is -2.26. The molecule has 0 aliphatic rings. The number of pyridine rings is 1. The number of carbonyl (C=O) groups excluding carboxylic acids is 1. The van der Waals surface area contributed by atoms with Crippen molar-refractivity contribution < 1.29 is 4.79 Å². The SMILES string of the molecule is CN(C)c1ccc(CCNC(=O)c2cn3ccccc3n2)cc1. The van der Waals surface area contributed by atoms with Gasteiger partial charge in [-0.25, -0.2) is 4.98 Å². The quantitative estimate of drug-likeness (QED) is 0.787. The molecule has 0 aliphatic carbocycles. The summed E-state index contributed by atoms with van der Waals surface area (Å²) in [5.74, 6) is -0.140. The lowest BCUT2D eigenvalue weighted by atomic mass is 10.1. The average Bonchev–Trinajstić information content (AvgIpc) is 2.99. The van der Waals surface area contributed by atoms with Crippen LogP contribution in [0.3, 0.4) is 0 Å². The molecule has 1 amide bonds. The molecule has 1 N–H and O–H groups in total. The third-order valence-corrected chi connectivity index (χ3v) is 3.75. The van der Waals surface area contributed by atoms with Crippen molar-refractivity contribution >= 4 is 17.2 Å². The van der Waals surface area contributed by atoms with E-state index in [0.29, 0.717) is 12.2 Å². The van der Waals surface area contributed by atoms with Gasteiger partial charge in [0.05, 0.1) is 0 Å². The zero-order chi connectivity index (χ0) is 16.2. The second kappa shape index (κ2) is 6.52. The van der Waals surface area contributed by atoms with Crippen LogP contribution >= 0.6 is 0 Å². The first-order valence-corrected chi connectivity index (χ1v) is 7.62. The van der Waals surface area contributed by atoms with E-state index in [1.807, 2.05) is 42.9 Å². The summed E-state index contributed by atoms with van der Waals surface area (Å²) in [5, 5.41) is 2.92. The number of anilines is 1. The number of nitrogens with one attached hydrogen (secondary N) is 1. The molecule has 0 atom stereocenters. The standard InChI is InChI=1S/C18H20N4O/c1-21(2)15-8-6-14(7-9-15)10-11-19-18(23)16-13-22-12-4-3-5-17(22)20-16/h3-9,12-13H,10-11H2,1-2H3,(H,19,23). The summed E-state index contributed by atoms with van der Waals surface area (Å²) in [5.41, 5.74) is 3.59. The number of benzene rings is 1. The minimum Gasteiger partial charge on any atom is -0.378 e. The monoisotopic (exact) mass is 308 g/mol. The van der Waals surface area contributed by atoms with Crippen LogP contribution in [0.15, 0.2) is 54.9 Å². The molecule has 0 unspecified atom stereocenters. The van der Waals surface area contributed by atoms with Gasteiger partial charge in [0, 0.05) is 38.7 Å². The number of nitrogens with zero attached hydrogens (tertiary/aromatic N) is 3. The molecule has 0 spiro atoms. The minimum atomic E-state index is -0.140. The van der Waals surface area contributed by atoms with E-state index >= 15 is 0 Å². The highest BCUT2D eigenvalue weighted by molar-refractivity contribution is 5.92. The number of amides is 1. The molecular weight excluding hydrogens is 288 g/mol. The molecule has 0 fully saturated rings. The number of rotatable bonds is 5. The Hall–Kier alpha value is -2.82. The zero-order valence-electron chi connectivity index (χ0n) is 13.4. The molecule has 0 saturated heterocycles. The molecule has 2 heterocycles. The number of carbonyl (C=O) groups is 1. The minimum absolute atomic E-state index is 0.140. The van der Waals surface area contributed by atoms with Gasteiger partial charge in [-0.3, -0.25) is 4.79 Å². The third kappa shape index (κ3) is 3.51. The maximum atomic E-state index is 12.2. The van der Waals surface area contributed by atoms with Crippen LogP contribution in [-0.2, 0) is 6.42 Å². The molecule has 0 saturated carbocycles. The van der Waals surface area contributed by atoms with E-state index < -0.39 is 0 Å². The van der Waals surface area contributed by atoms with E-state index in [-0.39, 0.29) is 5.91 Å². The highest BCUT2D eigenvalue weighted by Gasteiger charge is 2.09. The first-order chi connectivity index (χ1) is 11.1. The summed E-state index contributed by atoms with van der Waals surface area (Å²) < 4.78 is 1.84. The molecule has 23 heavy (non-hydrogen) atoms. The fraction of sp³-hybridized carbons (Fsp3) is 0.222. The van der Waals surface area contributed by atoms with Crippen LogP contribution in [0.25, 0.3) is 5.65 Å². The van der Waals surface area contributed by atoms with Crippen LogP contribution in [0.1, 0.15) is 16.1 Å². The van der Waals surface area contributed by atoms with Crippen LogP contribution < -0.4 is 10.2 Å².